The summed E-state index contributed by atoms with van der Waals surface area (Å²) in [5.41, 5.74) is 8.46. The Bertz CT molecular complexity index is 1370. The number of nitrogens with two attached hydrogens (primary N) is 1. The number of aromatic nitrogens is 4. The predicted molar refractivity (Wildman–Crippen MR) is 113 cm³/mol. The summed E-state index contributed by atoms with van der Waals surface area (Å²) in [7, 11) is 1.84. The Labute approximate surface area is 168 Å². The lowest BCUT2D eigenvalue weighted by Gasteiger charge is -2.04. The van der Waals surface area contributed by atoms with Crippen molar-refractivity contribution in [3.05, 3.63) is 45.4 Å². The lowest BCUT2D eigenvalue weighted by Crippen LogP contribution is -2.26. The lowest BCUT2D eigenvalue weighted by molar-refractivity contribution is -0.114. The summed E-state index contributed by atoms with van der Waals surface area (Å²) < 4.78 is 4.12. The zero-order valence-electron chi connectivity index (χ0n) is 15.6. The number of aryl methyl sites for hydroxylation is 1. The minimum atomic E-state index is -0.497. The van der Waals surface area contributed by atoms with Crippen LogP contribution in [-0.4, -0.2) is 49.8 Å². The second kappa shape index (κ2) is 6.59. The molecule has 0 atom stereocenters. The second-order valence-electron chi connectivity index (χ2n) is 6.94. The van der Waals surface area contributed by atoms with E-state index in [1.54, 1.807) is 23.6 Å². The SMILES string of the molecule is Cn1c2nc(CC3=NCC=C3)sc2c2cnn(CC3=NCC(C(N)=O)=C3)c(=O)c21. The van der Waals surface area contributed by atoms with E-state index in [1.807, 2.05) is 23.8 Å². The first-order valence-corrected chi connectivity index (χ1v) is 9.90. The Morgan fingerprint density at radius 1 is 1.31 bits per heavy atom. The Morgan fingerprint density at radius 3 is 2.90 bits per heavy atom. The number of carbonyl (C=O) groups excluding carboxylic acids is 1. The molecule has 0 aliphatic carbocycles. The van der Waals surface area contributed by atoms with Crippen molar-refractivity contribution >= 4 is 49.9 Å². The van der Waals surface area contributed by atoms with E-state index < -0.39 is 5.91 Å². The molecule has 2 aliphatic heterocycles. The average molecular weight is 407 g/mol. The van der Waals surface area contributed by atoms with E-state index in [4.69, 9.17) is 10.7 Å². The van der Waals surface area contributed by atoms with Crippen molar-refractivity contribution in [3.63, 3.8) is 0 Å². The predicted octanol–water partition coefficient (Wildman–Crippen LogP) is 0.764. The number of rotatable bonds is 5. The molecule has 2 aliphatic rings. The molecule has 1 amide bonds. The van der Waals surface area contributed by atoms with Gasteiger partial charge in [-0.05, 0) is 12.2 Å². The average Bonchev–Trinajstić information content (AvgIpc) is 3.45. The molecule has 0 saturated carbocycles. The third kappa shape index (κ3) is 2.92. The van der Waals surface area contributed by atoms with Crippen molar-refractivity contribution in [2.45, 2.75) is 13.0 Å². The maximum absolute atomic E-state index is 13.0. The number of aliphatic imine (C=N–C) groups is 2. The van der Waals surface area contributed by atoms with Gasteiger partial charge in [-0.25, -0.2) is 9.67 Å². The molecule has 0 unspecified atom stereocenters. The van der Waals surface area contributed by atoms with E-state index in [2.05, 4.69) is 15.1 Å². The summed E-state index contributed by atoms with van der Waals surface area (Å²) in [6.07, 6.45) is 8.06. The van der Waals surface area contributed by atoms with Crippen LogP contribution in [0, 0.1) is 0 Å². The summed E-state index contributed by atoms with van der Waals surface area (Å²) in [6.45, 7) is 1.16. The maximum atomic E-state index is 13.0. The molecule has 5 heterocycles. The first-order valence-electron chi connectivity index (χ1n) is 9.09. The molecule has 0 fully saturated rings. The quantitative estimate of drug-likeness (QED) is 0.671. The van der Waals surface area contributed by atoms with E-state index in [0.717, 1.165) is 33.0 Å². The fraction of sp³-hybridized carbons (Fsp3) is 0.263. The van der Waals surface area contributed by atoms with Gasteiger partial charge in [0.2, 0.25) is 5.91 Å². The normalized spacial score (nSPS) is 16.0. The van der Waals surface area contributed by atoms with Gasteiger partial charge >= 0.3 is 0 Å². The largest absolute Gasteiger partial charge is 0.366 e. The van der Waals surface area contributed by atoms with Gasteiger partial charge in [0, 0.05) is 30.1 Å². The van der Waals surface area contributed by atoms with E-state index >= 15 is 0 Å². The van der Waals surface area contributed by atoms with Gasteiger partial charge in [0.05, 0.1) is 36.2 Å². The molecule has 2 N–H and O–H groups in total. The molecule has 10 heteroatoms. The molecule has 146 valence electrons. The highest BCUT2D eigenvalue weighted by molar-refractivity contribution is 7.19. The number of thiazole rings is 1. The summed E-state index contributed by atoms with van der Waals surface area (Å²) >= 11 is 1.57. The molecule has 9 nitrogen and oxygen atoms in total. The number of amides is 1. The molecule has 0 radical (unpaired) electrons. The van der Waals surface area contributed by atoms with Crippen LogP contribution < -0.4 is 11.3 Å². The van der Waals surface area contributed by atoms with Crippen LogP contribution in [0.2, 0.25) is 0 Å². The molecule has 0 saturated heterocycles. The number of carbonyl (C=O) groups is 1. The minimum absolute atomic E-state index is 0.190. The van der Waals surface area contributed by atoms with Gasteiger partial charge in [0.1, 0.15) is 10.5 Å². The fourth-order valence-corrected chi connectivity index (χ4v) is 4.70. The second-order valence-corrected chi connectivity index (χ2v) is 8.03. The Balaban J connectivity index is 1.52. The fourth-order valence-electron chi connectivity index (χ4n) is 3.58. The van der Waals surface area contributed by atoms with E-state index in [1.165, 1.54) is 4.68 Å². The standard InChI is InChI=1S/C19H17N7O2S/c1-25-15-13(16-18(25)24-14(29-16)6-11-3-2-4-21-11)8-23-26(19(15)28)9-12-5-10(7-22-12)17(20)27/h2-3,5,8H,4,6-7,9H2,1H3,(H2,20,27). The lowest BCUT2D eigenvalue weighted by atomic mass is 10.2. The summed E-state index contributed by atoms with van der Waals surface area (Å²) in [5, 5.41) is 6.08. The van der Waals surface area contributed by atoms with Crippen molar-refractivity contribution in [2.75, 3.05) is 13.1 Å². The molecular weight excluding hydrogens is 390 g/mol. The Morgan fingerprint density at radius 2 is 2.17 bits per heavy atom. The van der Waals surface area contributed by atoms with Gasteiger partial charge in [-0.15, -0.1) is 11.3 Å². The highest BCUT2D eigenvalue weighted by atomic mass is 32.1. The van der Waals surface area contributed by atoms with Crippen LogP contribution >= 0.6 is 11.3 Å². The van der Waals surface area contributed by atoms with Crippen molar-refractivity contribution in [1.82, 2.24) is 19.3 Å². The zero-order chi connectivity index (χ0) is 20.1. The molecule has 3 aromatic rings. The van der Waals surface area contributed by atoms with Crippen molar-refractivity contribution in [3.8, 4) is 0 Å². The van der Waals surface area contributed by atoms with Crippen LogP contribution in [0.3, 0.4) is 0 Å². The number of hydrogen-bond acceptors (Lipinski definition) is 7. The van der Waals surface area contributed by atoms with Gasteiger partial charge in [-0.1, -0.05) is 6.08 Å². The number of allylic oxidation sites excluding steroid dienone is 2. The van der Waals surface area contributed by atoms with Gasteiger partial charge < -0.3 is 10.3 Å². The van der Waals surface area contributed by atoms with Gasteiger partial charge in [0.15, 0.2) is 5.65 Å². The van der Waals surface area contributed by atoms with Crippen molar-refractivity contribution in [1.29, 1.82) is 0 Å². The number of nitrogens with zero attached hydrogens (tertiary/aromatic N) is 6. The Kier molecular flexibility index (Phi) is 4.02. The van der Waals surface area contributed by atoms with Crippen LogP contribution in [0.25, 0.3) is 21.3 Å². The van der Waals surface area contributed by atoms with Gasteiger partial charge in [0.25, 0.3) is 5.56 Å². The number of fused-ring (bicyclic) bond motifs is 3. The molecule has 5 rings (SSSR count). The molecule has 3 aromatic heterocycles. The van der Waals surface area contributed by atoms with Crippen LogP contribution in [0.1, 0.15) is 5.01 Å². The smallest absolute Gasteiger partial charge is 0.291 e. The van der Waals surface area contributed by atoms with E-state index in [9.17, 15) is 9.59 Å². The minimum Gasteiger partial charge on any atom is -0.366 e. The van der Waals surface area contributed by atoms with Crippen molar-refractivity contribution in [2.24, 2.45) is 22.8 Å². The van der Waals surface area contributed by atoms with Crippen LogP contribution in [-0.2, 0) is 24.8 Å². The summed E-state index contributed by atoms with van der Waals surface area (Å²) in [5.74, 6) is -0.497. The third-order valence-electron chi connectivity index (χ3n) is 5.03. The molecule has 29 heavy (non-hydrogen) atoms. The van der Waals surface area contributed by atoms with Crippen LogP contribution in [0.5, 0.6) is 0 Å². The van der Waals surface area contributed by atoms with Gasteiger partial charge in [-0.3, -0.25) is 19.6 Å². The summed E-state index contributed by atoms with van der Waals surface area (Å²) in [4.78, 5) is 37.7. The topological polar surface area (TPSA) is 121 Å². The third-order valence-corrected chi connectivity index (χ3v) is 6.11. The van der Waals surface area contributed by atoms with Gasteiger partial charge in [-0.2, -0.15) is 5.10 Å². The summed E-state index contributed by atoms with van der Waals surface area (Å²) in [6, 6.07) is 0. The zero-order valence-corrected chi connectivity index (χ0v) is 16.4. The molecular formula is C19H17N7O2S. The number of hydrogen-bond donors (Lipinski definition) is 1. The van der Waals surface area contributed by atoms with E-state index in [0.29, 0.717) is 23.2 Å². The van der Waals surface area contributed by atoms with Crippen LogP contribution in [0.4, 0.5) is 0 Å². The van der Waals surface area contributed by atoms with E-state index in [-0.39, 0.29) is 18.6 Å². The molecule has 0 aromatic carbocycles. The molecule has 0 bridgehead atoms. The highest BCUT2D eigenvalue weighted by Gasteiger charge is 2.20. The molecule has 0 spiro atoms. The monoisotopic (exact) mass is 407 g/mol. The first kappa shape index (κ1) is 17.7. The van der Waals surface area contributed by atoms with Crippen molar-refractivity contribution < 1.29 is 4.79 Å². The Hall–Kier alpha value is -3.40. The highest BCUT2D eigenvalue weighted by Crippen LogP contribution is 2.31. The first-order chi connectivity index (χ1) is 14.0. The maximum Gasteiger partial charge on any atom is 0.291 e. The van der Waals surface area contributed by atoms with Crippen LogP contribution in [0.15, 0.2) is 44.8 Å². The number of primary amides is 1.